The van der Waals surface area contributed by atoms with Crippen molar-refractivity contribution < 1.29 is 8.42 Å². The van der Waals surface area contributed by atoms with Crippen molar-refractivity contribution in [2.24, 2.45) is 13.0 Å². The van der Waals surface area contributed by atoms with E-state index in [0.29, 0.717) is 17.4 Å². The molecule has 0 saturated heterocycles. The number of sulfone groups is 1. The van der Waals surface area contributed by atoms with Crippen molar-refractivity contribution in [3.05, 3.63) is 11.3 Å². The minimum atomic E-state index is -3.15. The van der Waals surface area contributed by atoms with Crippen LogP contribution in [0.4, 0.5) is 5.82 Å². The van der Waals surface area contributed by atoms with Crippen LogP contribution in [0.15, 0.2) is 0 Å². The number of nitrogen functional groups attached to an aromatic ring is 1. The lowest BCUT2D eigenvalue weighted by Gasteiger charge is -2.11. The molecule has 17 heavy (non-hydrogen) atoms. The van der Waals surface area contributed by atoms with Crippen LogP contribution in [-0.2, 0) is 23.3 Å². The Labute approximate surface area is 103 Å². The number of aromatic nitrogens is 2. The monoisotopic (exact) mass is 259 g/mol. The van der Waals surface area contributed by atoms with Crippen molar-refractivity contribution in [1.29, 1.82) is 0 Å². The standard InChI is InChI=1S/C11H21N3O2S/c1-7(2)6-9-10(8(3)17(5,15)16)13-14(4)11(9)12/h7-8H,6,12H2,1-5H3. The summed E-state index contributed by atoms with van der Waals surface area (Å²) in [6, 6.07) is 0. The number of rotatable bonds is 4. The molecule has 1 unspecified atom stereocenters. The summed E-state index contributed by atoms with van der Waals surface area (Å²) in [4.78, 5) is 0. The van der Waals surface area contributed by atoms with Crippen LogP contribution in [-0.4, -0.2) is 24.5 Å². The fraction of sp³-hybridized carbons (Fsp3) is 0.727. The average molecular weight is 259 g/mol. The van der Waals surface area contributed by atoms with Crippen LogP contribution >= 0.6 is 0 Å². The lowest BCUT2D eigenvalue weighted by Crippen LogP contribution is -2.11. The highest BCUT2D eigenvalue weighted by Gasteiger charge is 2.26. The quantitative estimate of drug-likeness (QED) is 0.884. The molecule has 0 spiro atoms. The third kappa shape index (κ3) is 3.00. The van der Waals surface area contributed by atoms with Gasteiger partial charge in [-0.3, -0.25) is 4.68 Å². The predicted octanol–water partition coefficient (Wildman–Crippen LogP) is 1.31. The Morgan fingerprint density at radius 2 is 1.88 bits per heavy atom. The number of anilines is 1. The molecule has 0 amide bonds. The Balaban J connectivity index is 3.29. The highest BCUT2D eigenvalue weighted by atomic mass is 32.2. The van der Waals surface area contributed by atoms with Crippen molar-refractivity contribution >= 4 is 15.7 Å². The smallest absolute Gasteiger partial charge is 0.155 e. The molecule has 0 fully saturated rings. The summed E-state index contributed by atoms with van der Waals surface area (Å²) in [5, 5.41) is 3.63. The van der Waals surface area contributed by atoms with Crippen LogP contribution in [0.5, 0.6) is 0 Å². The molecule has 98 valence electrons. The highest BCUT2D eigenvalue weighted by molar-refractivity contribution is 7.90. The molecule has 1 aromatic heterocycles. The van der Waals surface area contributed by atoms with Gasteiger partial charge in [-0.05, 0) is 19.3 Å². The lowest BCUT2D eigenvalue weighted by molar-refractivity contribution is 0.587. The molecular weight excluding hydrogens is 238 g/mol. The van der Waals surface area contributed by atoms with Gasteiger partial charge in [-0.25, -0.2) is 8.42 Å². The Morgan fingerprint density at radius 1 is 1.35 bits per heavy atom. The van der Waals surface area contributed by atoms with E-state index in [9.17, 15) is 8.42 Å². The zero-order chi connectivity index (χ0) is 13.4. The highest BCUT2D eigenvalue weighted by Crippen LogP contribution is 2.28. The molecular formula is C11H21N3O2S. The molecule has 6 heteroatoms. The van der Waals surface area contributed by atoms with Gasteiger partial charge in [0, 0.05) is 18.9 Å². The molecule has 1 aromatic rings. The number of hydrogen-bond donors (Lipinski definition) is 1. The van der Waals surface area contributed by atoms with Gasteiger partial charge >= 0.3 is 0 Å². The van der Waals surface area contributed by atoms with Gasteiger partial charge in [0.25, 0.3) is 0 Å². The third-order valence-electron chi connectivity index (χ3n) is 2.86. The summed E-state index contributed by atoms with van der Waals surface area (Å²) in [6.45, 7) is 5.80. The van der Waals surface area contributed by atoms with E-state index in [-0.39, 0.29) is 0 Å². The maximum Gasteiger partial charge on any atom is 0.155 e. The van der Waals surface area contributed by atoms with Crippen LogP contribution in [0.2, 0.25) is 0 Å². The second kappa shape index (κ2) is 4.68. The van der Waals surface area contributed by atoms with Gasteiger partial charge in [0.2, 0.25) is 0 Å². The normalized spacial score (nSPS) is 14.2. The molecule has 0 aliphatic rings. The SMILES string of the molecule is CC(C)Cc1c(C(C)S(C)(=O)=O)nn(C)c1N. The van der Waals surface area contributed by atoms with E-state index in [1.807, 2.05) is 0 Å². The van der Waals surface area contributed by atoms with Crippen molar-refractivity contribution in [2.75, 3.05) is 12.0 Å². The molecule has 1 rings (SSSR count). The minimum absolute atomic E-state index is 0.409. The third-order valence-corrected chi connectivity index (χ3v) is 4.37. The van der Waals surface area contributed by atoms with Crippen molar-refractivity contribution in [1.82, 2.24) is 9.78 Å². The van der Waals surface area contributed by atoms with Crippen LogP contribution in [0, 0.1) is 5.92 Å². The molecule has 0 aromatic carbocycles. The molecule has 0 bridgehead atoms. The van der Waals surface area contributed by atoms with Crippen molar-refractivity contribution in [3.63, 3.8) is 0 Å². The van der Waals surface area contributed by atoms with Gasteiger partial charge in [-0.2, -0.15) is 5.10 Å². The summed E-state index contributed by atoms with van der Waals surface area (Å²) in [5.74, 6) is 0.969. The Bertz CT molecular complexity index is 503. The topological polar surface area (TPSA) is 78.0 Å². The molecule has 0 saturated carbocycles. The van der Waals surface area contributed by atoms with Crippen molar-refractivity contribution in [2.45, 2.75) is 32.4 Å². The molecule has 2 N–H and O–H groups in total. The predicted molar refractivity (Wildman–Crippen MR) is 69.4 cm³/mol. The summed E-state index contributed by atoms with van der Waals surface area (Å²) >= 11 is 0. The van der Waals surface area contributed by atoms with E-state index in [1.165, 1.54) is 6.26 Å². The van der Waals surface area contributed by atoms with Crippen LogP contribution in [0.25, 0.3) is 0 Å². The number of aryl methyl sites for hydroxylation is 1. The first-order chi connectivity index (χ1) is 7.64. The molecule has 0 aliphatic carbocycles. The molecule has 0 aliphatic heterocycles. The van der Waals surface area contributed by atoms with Gasteiger partial charge in [0.1, 0.15) is 11.1 Å². The number of nitrogens with two attached hydrogens (primary N) is 1. The van der Waals surface area contributed by atoms with Gasteiger partial charge in [-0.15, -0.1) is 0 Å². The van der Waals surface area contributed by atoms with Gasteiger partial charge in [-0.1, -0.05) is 13.8 Å². The Hall–Kier alpha value is -1.04. The Morgan fingerprint density at radius 3 is 2.29 bits per heavy atom. The van der Waals surface area contributed by atoms with Crippen LogP contribution in [0.3, 0.4) is 0 Å². The zero-order valence-corrected chi connectivity index (χ0v) is 11.9. The fourth-order valence-corrected chi connectivity index (χ4v) is 2.34. The van der Waals surface area contributed by atoms with Crippen molar-refractivity contribution in [3.8, 4) is 0 Å². The average Bonchev–Trinajstić information content (AvgIpc) is 2.43. The van der Waals surface area contributed by atoms with E-state index in [0.717, 1.165) is 12.0 Å². The van der Waals surface area contributed by atoms with E-state index < -0.39 is 15.1 Å². The summed E-state index contributed by atoms with van der Waals surface area (Å²) in [7, 11) is -1.42. The summed E-state index contributed by atoms with van der Waals surface area (Å²) < 4.78 is 24.8. The first kappa shape index (κ1) is 14.0. The van der Waals surface area contributed by atoms with Crippen LogP contribution in [0.1, 0.15) is 37.3 Å². The largest absolute Gasteiger partial charge is 0.384 e. The molecule has 1 heterocycles. The van der Waals surface area contributed by atoms with E-state index >= 15 is 0 Å². The van der Waals surface area contributed by atoms with Gasteiger partial charge < -0.3 is 5.73 Å². The molecule has 5 nitrogen and oxygen atoms in total. The minimum Gasteiger partial charge on any atom is -0.384 e. The van der Waals surface area contributed by atoms with E-state index in [4.69, 9.17) is 5.73 Å². The maximum absolute atomic E-state index is 11.6. The number of nitrogens with zero attached hydrogens (tertiary/aromatic N) is 2. The maximum atomic E-state index is 11.6. The zero-order valence-electron chi connectivity index (χ0n) is 11.1. The fourth-order valence-electron chi connectivity index (χ4n) is 1.75. The lowest BCUT2D eigenvalue weighted by atomic mass is 10.0. The Kier molecular flexibility index (Phi) is 3.86. The second-order valence-electron chi connectivity index (χ2n) is 4.94. The summed E-state index contributed by atoms with van der Waals surface area (Å²) in [5.41, 5.74) is 7.38. The van der Waals surface area contributed by atoms with Gasteiger partial charge in [0.15, 0.2) is 9.84 Å². The summed E-state index contributed by atoms with van der Waals surface area (Å²) in [6.07, 6.45) is 1.97. The molecule has 1 atom stereocenters. The van der Waals surface area contributed by atoms with Crippen LogP contribution < -0.4 is 5.73 Å². The number of hydrogen-bond acceptors (Lipinski definition) is 4. The first-order valence-corrected chi connectivity index (χ1v) is 7.60. The van der Waals surface area contributed by atoms with Gasteiger partial charge in [0.05, 0.1) is 5.69 Å². The van der Waals surface area contributed by atoms with E-state index in [2.05, 4.69) is 18.9 Å². The molecule has 0 radical (unpaired) electrons. The second-order valence-corrected chi connectivity index (χ2v) is 7.31. The first-order valence-electron chi connectivity index (χ1n) is 5.64. The van der Waals surface area contributed by atoms with E-state index in [1.54, 1.807) is 18.7 Å².